The zero-order chi connectivity index (χ0) is 18.5. The molecule has 3 rings (SSSR count). The highest BCUT2D eigenvalue weighted by Gasteiger charge is 2.27. The van der Waals surface area contributed by atoms with E-state index in [0.717, 1.165) is 48.3 Å². The summed E-state index contributed by atoms with van der Waals surface area (Å²) < 4.78 is 5.81. The molecule has 136 valence electrons. The van der Waals surface area contributed by atoms with E-state index in [-0.39, 0.29) is 11.8 Å². The highest BCUT2D eigenvalue weighted by Crippen LogP contribution is 2.29. The quantitative estimate of drug-likeness (QED) is 0.810. The maximum atomic E-state index is 12.3. The van der Waals surface area contributed by atoms with Gasteiger partial charge in [0.15, 0.2) is 5.76 Å². The smallest absolute Gasteiger partial charge is 0.287 e. The van der Waals surface area contributed by atoms with Gasteiger partial charge in [-0.2, -0.15) is 5.10 Å². The maximum absolute atomic E-state index is 12.3. The standard InChI is InChI=1S/C20H23N3O3/c1-3-12-21-20(25)18-13(2)17-15(10-7-11-16(17)26-18)22-23-19(24)14-8-5-4-6-9-14/h4-6,8-9H,3,7,10-12H2,1-2H3,(H,21,25)(H,23,24)/b22-15+. The average Bonchev–Trinajstić information content (AvgIpc) is 3.02. The molecule has 1 aliphatic rings. The van der Waals surface area contributed by atoms with E-state index in [1.165, 1.54) is 0 Å². The van der Waals surface area contributed by atoms with Gasteiger partial charge in [-0.3, -0.25) is 9.59 Å². The zero-order valence-corrected chi connectivity index (χ0v) is 15.1. The lowest BCUT2D eigenvalue weighted by atomic mass is 9.93. The number of carbonyl (C=O) groups excluding carboxylic acids is 2. The number of nitrogens with one attached hydrogen (secondary N) is 2. The summed E-state index contributed by atoms with van der Waals surface area (Å²) >= 11 is 0. The van der Waals surface area contributed by atoms with Crippen molar-refractivity contribution in [3.05, 3.63) is 58.5 Å². The van der Waals surface area contributed by atoms with Crippen LogP contribution in [0.15, 0.2) is 39.9 Å². The van der Waals surface area contributed by atoms with Crippen LogP contribution in [-0.4, -0.2) is 24.1 Å². The molecule has 6 nitrogen and oxygen atoms in total. The van der Waals surface area contributed by atoms with Crippen LogP contribution in [0.4, 0.5) is 0 Å². The van der Waals surface area contributed by atoms with E-state index in [4.69, 9.17) is 4.42 Å². The van der Waals surface area contributed by atoms with Crippen LogP contribution in [-0.2, 0) is 6.42 Å². The Morgan fingerprint density at radius 3 is 2.65 bits per heavy atom. The van der Waals surface area contributed by atoms with Crippen molar-refractivity contribution in [1.29, 1.82) is 0 Å². The lowest BCUT2D eigenvalue weighted by molar-refractivity contribution is 0.0921. The first-order valence-electron chi connectivity index (χ1n) is 8.94. The van der Waals surface area contributed by atoms with Gasteiger partial charge in [0.1, 0.15) is 5.76 Å². The van der Waals surface area contributed by atoms with Gasteiger partial charge in [0, 0.05) is 29.7 Å². The largest absolute Gasteiger partial charge is 0.455 e. The fourth-order valence-corrected chi connectivity index (χ4v) is 3.09. The molecule has 2 aromatic rings. The highest BCUT2D eigenvalue weighted by atomic mass is 16.4. The third-order valence-corrected chi connectivity index (χ3v) is 4.40. The molecule has 0 saturated heterocycles. The van der Waals surface area contributed by atoms with Crippen molar-refractivity contribution in [2.24, 2.45) is 5.10 Å². The number of aryl methyl sites for hydroxylation is 1. The van der Waals surface area contributed by atoms with Gasteiger partial charge in [0.25, 0.3) is 11.8 Å². The average molecular weight is 353 g/mol. The molecular formula is C20H23N3O3. The SMILES string of the molecule is CCCNC(=O)c1oc2c(c1C)/C(=N/NC(=O)c1ccccc1)CCC2. The lowest BCUT2D eigenvalue weighted by Gasteiger charge is -2.13. The number of hydrogen-bond acceptors (Lipinski definition) is 4. The molecule has 0 radical (unpaired) electrons. The number of hydrazone groups is 1. The van der Waals surface area contributed by atoms with Crippen LogP contribution in [0.3, 0.4) is 0 Å². The van der Waals surface area contributed by atoms with E-state index in [2.05, 4.69) is 15.8 Å². The topological polar surface area (TPSA) is 83.7 Å². The summed E-state index contributed by atoms with van der Waals surface area (Å²) in [6.45, 7) is 4.47. The first kappa shape index (κ1) is 17.9. The molecule has 2 amide bonds. The fourth-order valence-electron chi connectivity index (χ4n) is 3.09. The summed E-state index contributed by atoms with van der Waals surface area (Å²) in [5.41, 5.74) is 5.56. The van der Waals surface area contributed by atoms with Crippen molar-refractivity contribution < 1.29 is 14.0 Å². The monoisotopic (exact) mass is 353 g/mol. The number of carbonyl (C=O) groups is 2. The summed E-state index contributed by atoms with van der Waals surface area (Å²) in [5.74, 6) is 0.647. The molecular weight excluding hydrogens is 330 g/mol. The predicted molar refractivity (Wildman–Crippen MR) is 99.5 cm³/mol. The molecule has 0 fully saturated rings. The maximum Gasteiger partial charge on any atom is 0.287 e. The third kappa shape index (κ3) is 3.69. The van der Waals surface area contributed by atoms with Crippen molar-refractivity contribution in [1.82, 2.24) is 10.7 Å². The van der Waals surface area contributed by atoms with E-state index >= 15 is 0 Å². The number of furan rings is 1. The van der Waals surface area contributed by atoms with Crippen LogP contribution < -0.4 is 10.7 Å². The summed E-state index contributed by atoms with van der Waals surface area (Å²) in [5, 5.41) is 7.16. The van der Waals surface area contributed by atoms with Gasteiger partial charge in [-0.1, -0.05) is 25.1 Å². The first-order chi connectivity index (χ1) is 12.6. The van der Waals surface area contributed by atoms with E-state index in [1.807, 2.05) is 32.0 Å². The second kappa shape index (κ2) is 7.99. The van der Waals surface area contributed by atoms with E-state index in [0.29, 0.717) is 17.9 Å². The van der Waals surface area contributed by atoms with Gasteiger partial charge in [-0.25, -0.2) is 5.43 Å². The second-order valence-corrected chi connectivity index (χ2v) is 6.33. The molecule has 26 heavy (non-hydrogen) atoms. The highest BCUT2D eigenvalue weighted by molar-refractivity contribution is 6.07. The van der Waals surface area contributed by atoms with Crippen LogP contribution in [0.5, 0.6) is 0 Å². The Hall–Kier alpha value is -2.89. The van der Waals surface area contributed by atoms with Gasteiger partial charge in [-0.15, -0.1) is 0 Å². The molecule has 1 aromatic heterocycles. The van der Waals surface area contributed by atoms with Crippen molar-refractivity contribution in [2.75, 3.05) is 6.54 Å². The molecule has 1 aliphatic carbocycles. The number of rotatable bonds is 5. The van der Waals surface area contributed by atoms with Gasteiger partial charge < -0.3 is 9.73 Å². The molecule has 2 N–H and O–H groups in total. The zero-order valence-electron chi connectivity index (χ0n) is 15.1. The van der Waals surface area contributed by atoms with E-state index in [9.17, 15) is 9.59 Å². The van der Waals surface area contributed by atoms with Crippen molar-refractivity contribution >= 4 is 17.5 Å². The van der Waals surface area contributed by atoms with Crippen LogP contribution in [0.1, 0.15) is 64.0 Å². The number of amides is 2. The molecule has 0 unspecified atom stereocenters. The number of fused-ring (bicyclic) bond motifs is 1. The first-order valence-corrected chi connectivity index (χ1v) is 8.94. The Kier molecular flexibility index (Phi) is 5.51. The molecule has 6 heteroatoms. The van der Waals surface area contributed by atoms with Gasteiger partial charge in [0.05, 0.1) is 5.71 Å². The van der Waals surface area contributed by atoms with Crippen molar-refractivity contribution in [2.45, 2.75) is 39.5 Å². The Morgan fingerprint density at radius 2 is 1.92 bits per heavy atom. The van der Waals surface area contributed by atoms with Gasteiger partial charge in [-0.05, 0) is 38.3 Å². The van der Waals surface area contributed by atoms with Gasteiger partial charge >= 0.3 is 0 Å². The summed E-state index contributed by atoms with van der Waals surface area (Å²) in [6, 6.07) is 8.95. The van der Waals surface area contributed by atoms with Crippen LogP contribution in [0.2, 0.25) is 0 Å². The van der Waals surface area contributed by atoms with Crippen LogP contribution >= 0.6 is 0 Å². The predicted octanol–water partition coefficient (Wildman–Crippen LogP) is 3.20. The third-order valence-electron chi connectivity index (χ3n) is 4.40. The summed E-state index contributed by atoms with van der Waals surface area (Å²) in [6.07, 6.45) is 3.24. The minimum atomic E-state index is -0.257. The van der Waals surface area contributed by atoms with Crippen molar-refractivity contribution in [3.63, 3.8) is 0 Å². The normalized spacial score (nSPS) is 14.8. The lowest BCUT2D eigenvalue weighted by Crippen LogP contribution is -2.24. The minimum absolute atomic E-state index is 0.202. The van der Waals surface area contributed by atoms with E-state index in [1.54, 1.807) is 12.1 Å². The van der Waals surface area contributed by atoms with Gasteiger partial charge in [0.2, 0.25) is 0 Å². The number of hydrogen-bond donors (Lipinski definition) is 2. The Balaban J connectivity index is 1.83. The second-order valence-electron chi connectivity index (χ2n) is 6.33. The Morgan fingerprint density at radius 1 is 1.15 bits per heavy atom. The summed E-state index contributed by atoms with van der Waals surface area (Å²) in [4.78, 5) is 24.5. The van der Waals surface area contributed by atoms with Crippen LogP contribution in [0, 0.1) is 6.92 Å². The molecule has 0 atom stereocenters. The molecule has 0 spiro atoms. The minimum Gasteiger partial charge on any atom is -0.455 e. The Bertz CT molecular complexity index is 837. The number of benzene rings is 1. The fraction of sp³-hybridized carbons (Fsp3) is 0.350. The molecule has 1 aromatic carbocycles. The number of nitrogens with zero attached hydrogens (tertiary/aromatic N) is 1. The Labute approximate surface area is 152 Å². The van der Waals surface area contributed by atoms with Crippen LogP contribution in [0.25, 0.3) is 0 Å². The van der Waals surface area contributed by atoms with E-state index < -0.39 is 0 Å². The molecule has 0 bridgehead atoms. The summed E-state index contributed by atoms with van der Waals surface area (Å²) in [7, 11) is 0. The van der Waals surface area contributed by atoms with Crippen molar-refractivity contribution in [3.8, 4) is 0 Å². The molecule has 0 aliphatic heterocycles. The molecule has 1 heterocycles. The molecule has 0 saturated carbocycles.